The summed E-state index contributed by atoms with van der Waals surface area (Å²) in [6.45, 7) is 6.28. The van der Waals surface area contributed by atoms with Crippen molar-refractivity contribution in [2.75, 3.05) is 6.54 Å². The fourth-order valence-corrected chi connectivity index (χ4v) is 2.63. The first-order valence-electron chi connectivity index (χ1n) is 6.12. The number of nitrogens with one attached hydrogen (secondary N) is 1. The van der Waals surface area contributed by atoms with Crippen LogP contribution >= 0.6 is 22.9 Å². The maximum atomic E-state index is 11.9. The molecule has 0 aromatic carbocycles. The summed E-state index contributed by atoms with van der Waals surface area (Å²) in [5.41, 5.74) is 0. The number of aliphatic hydroxyl groups excluding tert-OH is 1. The van der Waals surface area contributed by atoms with Crippen molar-refractivity contribution in [2.45, 2.75) is 39.2 Å². The lowest BCUT2D eigenvalue weighted by Gasteiger charge is -2.15. The Morgan fingerprint density at radius 2 is 2.11 bits per heavy atom. The molecule has 18 heavy (non-hydrogen) atoms. The molecule has 2 atom stereocenters. The Kier molecular flexibility index (Phi) is 6.12. The van der Waals surface area contributed by atoms with Gasteiger partial charge in [-0.2, -0.15) is 0 Å². The summed E-state index contributed by atoms with van der Waals surface area (Å²) in [5, 5.41) is 12.5. The van der Waals surface area contributed by atoms with Gasteiger partial charge in [-0.15, -0.1) is 11.3 Å². The molecule has 2 N–H and O–H groups in total. The largest absolute Gasteiger partial charge is 0.393 e. The van der Waals surface area contributed by atoms with Gasteiger partial charge in [0.2, 0.25) is 5.91 Å². The van der Waals surface area contributed by atoms with Gasteiger partial charge in [-0.05, 0) is 31.4 Å². The fraction of sp³-hybridized carbons (Fsp3) is 0.615. The molecule has 0 fully saturated rings. The lowest BCUT2D eigenvalue weighted by atomic mass is 10.0. The van der Waals surface area contributed by atoms with Gasteiger partial charge < -0.3 is 10.4 Å². The highest BCUT2D eigenvalue weighted by atomic mass is 35.5. The second kappa shape index (κ2) is 7.12. The Morgan fingerprint density at radius 3 is 2.61 bits per heavy atom. The molecule has 1 rings (SSSR count). The minimum Gasteiger partial charge on any atom is -0.393 e. The van der Waals surface area contributed by atoms with Crippen LogP contribution in [0.5, 0.6) is 0 Å². The third-order valence-corrected chi connectivity index (χ3v) is 4.34. The quantitative estimate of drug-likeness (QED) is 0.846. The van der Waals surface area contributed by atoms with Gasteiger partial charge in [-0.25, -0.2) is 0 Å². The molecule has 0 aliphatic carbocycles. The van der Waals surface area contributed by atoms with Crippen LogP contribution in [0.2, 0.25) is 4.34 Å². The fourth-order valence-electron chi connectivity index (χ4n) is 1.52. The summed E-state index contributed by atoms with van der Waals surface area (Å²) in [7, 11) is 0. The molecule has 102 valence electrons. The Balaban J connectivity index is 2.37. The molecule has 0 saturated heterocycles. The Bertz CT molecular complexity index is 392. The lowest BCUT2D eigenvalue weighted by molar-refractivity contribution is -0.122. The maximum absolute atomic E-state index is 11.9. The van der Waals surface area contributed by atoms with Crippen LogP contribution in [0, 0.1) is 5.92 Å². The summed E-state index contributed by atoms with van der Waals surface area (Å²) in [6, 6.07) is 3.67. The van der Waals surface area contributed by atoms with Crippen LogP contribution in [-0.2, 0) is 4.79 Å². The Hall–Kier alpha value is -0.580. The molecular weight excluding hydrogens is 270 g/mol. The summed E-state index contributed by atoms with van der Waals surface area (Å²) < 4.78 is 0.694. The molecule has 0 saturated carbocycles. The van der Waals surface area contributed by atoms with E-state index in [0.29, 0.717) is 17.3 Å². The Morgan fingerprint density at radius 1 is 1.44 bits per heavy atom. The second-order valence-electron chi connectivity index (χ2n) is 4.75. The number of aliphatic hydroxyl groups is 1. The Labute approximate surface area is 117 Å². The van der Waals surface area contributed by atoms with Gasteiger partial charge in [0.1, 0.15) is 0 Å². The van der Waals surface area contributed by atoms with E-state index in [1.54, 1.807) is 6.07 Å². The minimum absolute atomic E-state index is 0.0236. The van der Waals surface area contributed by atoms with E-state index >= 15 is 0 Å². The van der Waals surface area contributed by atoms with Crippen molar-refractivity contribution in [2.24, 2.45) is 5.92 Å². The topological polar surface area (TPSA) is 49.3 Å². The molecule has 5 heteroatoms. The number of carbonyl (C=O) groups excluding carboxylic acids is 1. The van der Waals surface area contributed by atoms with Crippen LogP contribution in [0.15, 0.2) is 12.1 Å². The van der Waals surface area contributed by atoms with Crippen molar-refractivity contribution in [3.63, 3.8) is 0 Å². The van der Waals surface area contributed by atoms with E-state index in [4.69, 9.17) is 11.6 Å². The van der Waals surface area contributed by atoms with E-state index in [1.165, 1.54) is 11.3 Å². The molecule has 1 aromatic rings. The highest BCUT2D eigenvalue weighted by Crippen LogP contribution is 2.28. The summed E-state index contributed by atoms with van der Waals surface area (Å²) in [4.78, 5) is 12.8. The molecule has 0 bridgehead atoms. The number of halogens is 1. The van der Waals surface area contributed by atoms with E-state index in [2.05, 4.69) is 5.32 Å². The van der Waals surface area contributed by atoms with Gasteiger partial charge in [0.15, 0.2) is 0 Å². The van der Waals surface area contributed by atoms with Gasteiger partial charge in [0.05, 0.1) is 16.4 Å². The number of hydrogen-bond donors (Lipinski definition) is 2. The average Bonchev–Trinajstić information content (AvgIpc) is 2.74. The zero-order valence-corrected chi connectivity index (χ0v) is 12.5. The summed E-state index contributed by atoms with van der Waals surface area (Å²) >= 11 is 7.27. The predicted octanol–water partition coefficient (Wildman–Crippen LogP) is 3.03. The van der Waals surface area contributed by atoms with Gasteiger partial charge in [0.25, 0.3) is 0 Å². The number of carbonyl (C=O) groups is 1. The zero-order chi connectivity index (χ0) is 13.7. The number of thiophene rings is 1. The highest BCUT2D eigenvalue weighted by molar-refractivity contribution is 7.16. The maximum Gasteiger partial charge on any atom is 0.228 e. The van der Waals surface area contributed by atoms with E-state index in [0.717, 1.165) is 4.88 Å². The molecule has 0 spiro atoms. The van der Waals surface area contributed by atoms with Crippen molar-refractivity contribution >= 4 is 28.8 Å². The van der Waals surface area contributed by atoms with Crippen LogP contribution in [0.3, 0.4) is 0 Å². The van der Waals surface area contributed by atoms with Crippen LogP contribution in [0.25, 0.3) is 0 Å². The van der Waals surface area contributed by atoms with Crippen LogP contribution in [0.1, 0.15) is 38.0 Å². The van der Waals surface area contributed by atoms with Crippen molar-refractivity contribution in [3.8, 4) is 0 Å². The van der Waals surface area contributed by atoms with Crippen molar-refractivity contribution < 1.29 is 9.90 Å². The first kappa shape index (κ1) is 15.5. The minimum atomic E-state index is -0.364. The predicted molar refractivity (Wildman–Crippen MR) is 76.2 cm³/mol. The smallest absolute Gasteiger partial charge is 0.228 e. The van der Waals surface area contributed by atoms with Crippen molar-refractivity contribution in [1.82, 2.24) is 5.32 Å². The lowest BCUT2D eigenvalue weighted by Crippen LogP contribution is -2.31. The molecule has 0 aliphatic rings. The van der Waals surface area contributed by atoms with Gasteiger partial charge in [-0.1, -0.05) is 25.4 Å². The van der Waals surface area contributed by atoms with Crippen LogP contribution in [-0.4, -0.2) is 23.7 Å². The normalized spacial score (nSPS) is 14.6. The number of rotatable bonds is 6. The van der Waals surface area contributed by atoms with Crippen LogP contribution < -0.4 is 5.32 Å². The number of hydrogen-bond acceptors (Lipinski definition) is 3. The summed E-state index contributed by atoms with van der Waals surface area (Å²) in [6.07, 6.45) is 0.221. The zero-order valence-electron chi connectivity index (χ0n) is 10.9. The van der Waals surface area contributed by atoms with Gasteiger partial charge >= 0.3 is 0 Å². The molecule has 0 aliphatic heterocycles. The SMILES string of the molecule is CC(C(=O)NCCC(O)C(C)C)c1ccc(Cl)s1. The molecule has 0 radical (unpaired) electrons. The average molecular weight is 290 g/mol. The monoisotopic (exact) mass is 289 g/mol. The first-order chi connectivity index (χ1) is 8.41. The van der Waals surface area contributed by atoms with E-state index in [1.807, 2.05) is 26.8 Å². The molecule has 1 amide bonds. The molecule has 2 unspecified atom stereocenters. The first-order valence-corrected chi connectivity index (χ1v) is 7.32. The third kappa shape index (κ3) is 4.59. The van der Waals surface area contributed by atoms with E-state index in [9.17, 15) is 9.90 Å². The summed E-state index contributed by atoms with van der Waals surface area (Å²) in [5.74, 6) is -0.00130. The van der Waals surface area contributed by atoms with Gasteiger partial charge in [-0.3, -0.25) is 4.79 Å². The molecule has 1 heterocycles. The molecule has 3 nitrogen and oxygen atoms in total. The second-order valence-corrected chi connectivity index (χ2v) is 6.50. The third-order valence-electron chi connectivity index (χ3n) is 2.92. The number of amides is 1. The van der Waals surface area contributed by atoms with Crippen molar-refractivity contribution in [1.29, 1.82) is 0 Å². The highest BCUT2D eigenvalue weighted by Gasteiger charge is 2.17. The van der Waals surface area contributed by atoms with Crippen LogP contribution in [0.4, 0.5) is 0 Å². The van der Waals surface area contributed by atoms with E-state index in [-0.39, 0.29) is 23.8 Å². The molecular formula is C13H20ClNO2S. The van der Waals surface area contributed by atoms with Gasteiger partial charge in [0, 0.05) is 11.4 Å². The molecule has 1 aromatic heterocycles. The van der Waals surface area contributed by atoms with E-state index < -0.39 is 0 Å². The van der Waals surface area contributed by atoms with Crippen molar-refractivity contribution in [3.05, 3.63) is 21.3 Å². The standard InChI is InChI=1S/C13H20ClNO2S/c1-8(2)10(16)6-7-15-13(17)9(3)11-4-5-12(14)18-11/h4-5,8-10,16H,6-7H2,1-3H3,(H,15,17).